The van der Waals surface area contributed by atoms with Gasteiger partial charge in [-0.25, -0.2) is 4.79 Å². The first-order valence-corrected chi connectivity index (χ1v) is 11.0. The smallest absolute Gasteiger partial charge is 0.410 e. The zero-order valence-corrected chi connectivity index (χ0v) is 17.2. The Morgan fingerprint density at radius 1 is 0.963 bits per heavy atom. The van der Waals surface area contributed by atoms with E-state index in [0.29, 0.717) is 18.3 Å². The highest BCUT2D eigenvalue weighted by Crippen LogP contribution is 2.60. The van der Waals surface area contributed by atoms with Crippen LogP contribution in [-0.4, -0.2) is 41.3 Å². The fourth-order valence-corrected chi connectivity index (χ4v) is 6.14. The van der Waals surface area contributed by atoms with E-state index in [-0.39, 0.29) is 12.1 Å². The first kappa shape index (κ1) is 19.1. The molecule has 4 aliphatic carbocycles. The summed E-state index contributed by atoms with van der Waals surface area (Å²) in [6, 6.07) is 0. The molecular formula is C22H35NO4. The van der Waals surface area contributed by atoms with Gasteiger partial charge in [-0.2, -0.15) is 0 Å². The van der Waals surface area contributed by atoms with Crippen LogP contribution in [0.3, 0.4) is 0 Å². The highest BCUT2D eigenvalue weighted by atomic mass is 16.6. The zero-order chi connectivity index (χ0) is 19.3. The third kappa shape index (κ3) is 3.58. The molecule has 5 rings (SSSR count). The molecule has 5 heteroatoms. The van der Waals surface area contributed by atoms with Crippen molar-refractivity contribution in [3.8, 4) is 0 Å². The Morgan fingerprint density at radius 3 is 2.07 bits per heavy atom. The molecule has 0 radical (unpaired) electrons. The summed E-state index contributed by atoms with van der Waals surface area (Å²) in [4.78, 5) is 27.5. The van der Waals surface area contributed by atoms with Crippen molar-refractivity contribution in [2.75, 3.05) is 13.1 Å². The van der Waals surface area contributed by atoms with Crippen molar-refractivity contribution in [2.45, 2.75) is 96.2 Å². The van der Waals surface area contributed by atoms with Gasteiger partial charge in [-0.15, -0.1) is 0 Å². The monoisotopic (exact) mass is 377 g/mol. The third-order valence-corrected chi connectivity index (χ3v) is 7.62. The molecule has 27 heavy (non-hydrogen) atoms. The summed E-state index contributed by atoms with van der Waals surface area (Å²) in [5.74, 6) is 0.931. The van der Waals surface area contributed by atoms with Crippen LogP contribution >= 0.6 is 0 Å². The van der Waals surface area contributed by atoms with Gasteiger partial charge in [0.25, 0.3) is 0 Å². The third-order valence-electron chi connectivity index (χ3n) is 7.62. The second-order valence-electron chi connectivity index (χ2n) is 10.4. The number of carbonyl (C=O) groups excluding carboxylic acids is 2. The minimum absolute atomic E-state index is 0.0931. The number of carbonyl (C=O) groups is 2. The molecule has 0 N–H and O–H groups in total. The molecule has 4 bridgehead atoms. The van der Waals surface area contributed by atoms with E-state index in [1.165, 1.54) is 12.8 Å². The number of rotatable bonds is 4. The van der Waals surface area contributed by atoms with E-state index in [2.05, 4.69) is 0 Å². The van der Waals surface area contributed by atoms with Crippen molar-refractivity contribution < 1.29 is 19.1 Å². The Bertz CT molecular complexity index is 593. The van der Waals surface area contributed by atoms with E-state index >= 15 is 0 Å². The quantitative estimate of drug-likeness (QED) is 0.668. The minimum Gasteiger partial charge on any atom is -0.458 e. The lowest BCUT2D eigenvalue weighted by molar-refractivity contribution is -0.226. The van der Waals surface area contributed by atoms with E-state index in [4.69, 9.17) is 9.47 Å². The van der Waals surface area contributed by atoms with E-state index in [1.807, 2.05) is 25.7 Å². The lowest BCUT2D eigenvalue weighted by Crippen LogP contribution is -2.62. The summed E-state index contributed by atoms with van der Waals surface area (Å²) < 4.78 is 12.4. The normalized spacial score (nSPS) is 38.0. The van der Waals surface area contributed by atoms with Crippen molar-refractivity contribution in [1.82, 2.24) is 4.90 Å². The predicted octanol–water partition coefficient (Wildman–Crippen LogP) is 4.68. The molecule has 2 unspecified atom stereocenters. The van der Waals surface area contributed by atoms with Gasteiger partial charge in [0.1, 0.15) is 11.2 Å². The second-order valence-corrected chi connectivity index (χ2v) is 10.4. The fraction of sp³-hybridized carbons (Fsp3) is 0.909. The average molecular weight is 378 g/mol. The summed E-state index contributed by atoms with van der Waals surface area (Å²) in [6.07, 6.45) is 9.62. The number of piperidine rings is 1. The Balaban J connectivity index is 1.50. The molecule has 1 aliphatic heterocycles. The maximum Gasteiger partial charge on any atom is 0.410 e. The molecule has 5 nitrogen and oxygen atoms in total. The van der Waals surface area contributed by atoms with Crippen LogP contribution in [0.1, 0.15) is 85.0 Å². The van der Waals surface area contributed by atoms with Gasteiger partial charge in [-0.05, 0) is 83.5 Å². The number of hydrogen-bond acceptors (Lipinski definition) is 4. The number of nitrogens with zero attached hydrogens (tertiary/aromatic N) is 1. The Labute approximate surface area is 163 Å². The van der Waals surface area contributed by atoms with E-state index in [9.17, 15) is 9.59 Å². The summed E-state index contributed by atoms with van der Waals surface area (Å²) in [5.41, 5.74) is -1.30. The molecule has 0 spiro atoms. The maximum atomic E-state index is 12.8. The molecule has 0 aromatic rings. The molecule has 0 aromatic carbocycles. The SMILES string of the molecule is CCC(C)(C)C(=O)OC12CC3CC(CC(OC(=O)N4CCCCC4)(C3)C1)C2. The van der Waals surface area contributed by atoms with Gasteiger partial charge in [0.05, 0.1) is 5.41 Å². The Kier molecular flexibility index (Phi) is 4.71. The molecule has 5 fully saturated rings. The molecule has 1 heterocycles. The van der Waals surface area contributed by atoms with E-state index < -0.39 is 16.6 Å². The first-order chi connectivity index (χ1) is 12.7. The average Bonchev–Trinajstić information content (AvgIpc) is 2.60. The predicted molar refractivity (Wildman–Crippen MR) is 102 cm³/mol. The Hall–Kier alpha value is -1.26. The maximum absolute atomic E-state index is 12.8. The van der Waals surface area contributed by atoms with Crippen LogP contribution in [-0.2, 0) is 14.3 Å². The van der Waals surface area contributed by atoms with Crippen LogP contribution in [0.25, 0.3) is 0 Å². The lowest BCUT2D eigenvalue weighted by Gasteiger charge is -2.60. The van der Waals surface area contributed by atoms with Gasteiger partial charge >= 0.3 is 12.1 Å². The first-order valence-electron chi connectivity index (χ1n) is 11.0. The van der Waals surface area contributed by atoms with Gasteiger partial charge in [0, 0.05) is 19.5 Å². The fourth-order valence-electron chi connectivity index (χ4n) is 6.14. The van der Waals surface area contributed by atoms with Crippen LogP contribution in [0.4, 0.5) is 4.79 Å². The van der Waals surface area contributed by atoms with Crippen molar-refractivity contribution in [3.63, 3.8) is 0 Å². The van der Waals surface area contributed by atoms with Crippen molar-refractivity contribution >= 4 is 12.1 Å². The lowest BCUT2D eigenvalue weighted by atomic mass is 9.52. The van der Waals surface area contributed by atoms with E-state index in [0.717, 1.165) is 58.0 Å². The molecule has 2 atom stereocenters. The summed E-state index contributed by atoms with van der Waals surface area (Å²) in [7, 11) is 0. The number of ether oxygens (including phenoxy) is 2. The van der Waals surface area contributed by atoms with Crippen molar-refractivity contribution in [3.05, 3.63) is 0 Å². The number of amides is 1. The zero-order valence-electron chi connectivity index (χ0n) is 17.2. The number of esters is 1. The largest absolute Gasteiger partial charge is 0.458 e. The summed E-state index contributed by atoms with van der Waals surface area (Å²) in [5, 5.41) is 0. The standard InChI is InChI=1S/C22H35NO4/c1-4-20(2,3)18(24)26-21-11-16-10-17(12-21)14-22(13-16,15-21)27-19(25)23-8-6-5-7-9-23/h16-17H,4-15H2,1-3H3. The molecule has 4 saturated carbocycles. The van der Waals surface area contributed by atoms with Gasteiger partial charge in [-0.3, -0.25) is 4.79 Å². The molecule has 1 amide bonds. The van der Waals surface area contributed by atoms with Crippen molar-refractivity contribution in [2.24, 2.45) is 17.3 Å². The molecular weight excluding hydrogens is 342 g/mol. The van der Waals surface area contributed by atoms with Crippen molar-refractivity contribution in [1.29, 1.82) is 0 Å². The molecule has 1 saturated heterocycles. The van der Waals surface area contributed by atoms with Crippen LogP contribution in [0.5, 0.6) is 0 Å². The van der Waals surface area contributed by atoms with Crippen LogP contribution in [0.15, 0.2) is 0 Å². The molecule has 152 valence electrons. The van der Waals surface area contributed by atoms with Gasteiger partial charge in [-0.1, -0.05) is 6.92 Å². The van der Waals surface area contributed by atoms with Crippen LogP contribution in [0.2, 0.25) is 0 Å². The van der Waals surface area contributed by atoms with Gasteiger partial charge in [0.2, 0.25) is 0 Å². The summed E-state index contributed by atoms with van der Waals surface area (Å²) in [6.45, 7) is 7.58. The van der Waals surface area contributed by atoms with Gasteiger partial charge < -0.3 is 14.4 Å². The second kappa shape index (κ2) is 6.66. The van der Waals surface area contributed by atoms with Crippen LogP contribution in [0, 0.1) is 17.3 Å². The highest BCUT2D eigenvalue weighted by Gasteiger charge is 2.62. The highest BCUT2D eigenvalue weighted by molar-refractivity contribution is 5.76. The number of hydrogen-bond donors (Lipinski definition) is 0. The van der Waals surface area contributed by atoms with Gasteiger partial charge in [0.15, 0.2) is 0 Å². The summed E-state index contributed by atoms with van der Waals surface area (Å²) >= 11 is 0. The minimum atomic E-state index is -0.457. The topological polar surface area (TPSA) is 55.8 Å². The number of likely N-dealkylation sites (tertiary alicyclic amines) is 1. The Morgan fingerprint density at radius 2 is 1.52 bits per heavy atom. The molecule has 5 aliphatic rings. The van der Waals surface area contributed by atoms with E-state index in [1.54, 1.807) is 0 Å². The molecule has 0 aromatic heterocycles. The van der Waals surface area contributed by atoms with Crippen LogP contribution < -0.4 is 0 Å².